The minimum atomic E-state index is -0.323. The van der Waals surface area contributed by atoms with Gasteiger partial charge in [-0.25, -0.2) is 4.98 Å². The summed E-state index contributed by atoms with van der Waals surface area (Å²) in [6.07, 6.45) is 2.66. The molecule has 0 radical (unpaired) electrons. The third-order valence-corrected chi connectivity index (χ3v) is 4.18. The first-order chi connectivity index (χ1) is 8.54. The molecule has 1 aromatic heterocycles. The summed E-state index contributed by atoms with van der Waals surface area (Å²) in [5.41, 5.74) is 1.25. The van der Waals surface area contributed by atoms with Crippen LogP contribution in [0, 0.1) is 0 Å². The van der Waals surface area contributed by atoms with Crippen LogP contribution < -0.4 is 5.32 Å². The lowest BCUT2D eigenvalue weighted by atomic mass is 10.1. The zero-order chi connectivity index (χ0) is 13.5. The van der Waals surface area contributed by atoms with Crippen LogP contribution >= 0.6 is 11.8 Å². The van der Waals surface area contributed by atoms with E-state index in [0.29, 0.717) is 6.04 Å². The van der Waals surface area contributed by atoms with E-state index in [2.05, 4.69) is 30.2 Å². The monoisotopic (exact) mass is 268 g/mol. The van der Waals surface area contributed by atoms with E-state index in [1.807, 2.05) is 26.1 Å². The van der Waals surface area contributed by atoms with Gasteiger partial charge in [-0.2, -0.15) is 0 Å². The lowest BCUT2D eigenvalue weighted by Gasteiger charge is -2.16. The van der Waals surface area contributed by atoms with Crippen molar-refractivity contribution in [2.24, 2.45) is 0 Å². The maximum absolute atomic E-state index is 9.52. The molecule has 0 saturated carbocycles. The average molecular weight is 268 g/mol. The predicted octanol–water partition coefficient (Wildman–Crippen LogP) is 3.00. The number of pyridine rings is 1. The van der Waals surface area contributed by atoms with E-state index in [9.17, 15) is 5.11 Å². The highest BCUT2D eigenvalue weighted by atomic mass is 32.2. The Morgan fingerprint density at radius 1 is 1.39 bits per heavy atom. The minimum Gasteiger partial charge on any atom is -0.392 e. The van der Waals surface area contributed by atoms with E-state index in [1.165, 1.54) is 5.56 Å². The molecule has 0 saturated heterocycles. The van der Waals surface area contributed by atoms with Gasteiger partial charge in [0.2, 0.25) is 0 Å². The van der Waals surface area contributed by atoms with E-state index in [4.69, 9.17) is 0 Å². The van der Waals surface area contributed by atoms with Gasteiger partial charge >= 0.3 is 0 Å². The van der Waals surface area contributed by atoms with Crippen LogP contribution in [0.1, 0.15) is 45.7 Å². The van der Waals surface area contributed by atoms with Crippen LogP contribution in [0.4, 0.5) is 0 Å². The van der Waals surface area contributed by atoms with E-state index < -0.39 is 0 Å². The molecular weight excluding hydrogens is 244 g/mol. The van der Waals surface area contributed by atoms with Crippen molar-refractivity contribution in [2.75, 3.05) is 6.54 Å². The van der Waals surface area contributed by atoms with Gasteiger partial charge in [-0.1, -0.05) is 13.8 Å². The largest absolute Gasteiger partial charge is 0.392 e. The third kappa shape index (κ3) is 4.96. The fourth-order valence-corrected chi connectivity index (χ4v) is 2.43. The number of aliphatic hydroxyl groups excluding tert-OH is 1. The van der Waals surface area contributed by atoms with E-state index >= 15 is 0 Å². The van der Waals surface area contributed by atoms with Crippen molar-refractivity contribution in [3.05, 3.63) is 23.9 Å². The lowest BCUT2D eigenvalue weighted by molar-refractivity contribution is 0.196. The second kappa shape index (κ2) is 7.77. The summed E-state index contributed by atoms with van der Waals surface area (Å²) in [4.78, 5) is 4.35. The first kappa shape index (κ1) is 15.5. The molecule has 1 rings (SSSR count). The first-order valence-electron chi connectivity index (χ1n) is 6.58. The molecule has 0 aliphatic carbocycles. The van der Waals surface area contributed by atoms with Gasteiger partial charge in [0, 0.05) is 17.5 Å². The molecule has 18 heavy (non-hydrogen) atoms. The topological polar surface area (TPSA) is 45.2 Å². The summed E-state index contributed by atoms with van der Waals surface area (Å²) < 4.78 is 0. The molecule has 102 valence electrons. The van der Waals surface area contributed by atoms with Crippen LogP contribution in [0.2, 0.25) is 0 Å². The van der Waals surface area contributed by atoms with Crippen LogP contribution in [-0.4, -0.2) is 28.0 Å². The van der Waals surface area contributed by atoms with Gasteiger partial charge in [0.05, 0.1) is 11.1 Å². The van der Waals surface area contributed by atoms with Crippen molar-refractivity contribution in [3.8, 4) is 0 Å². The van der Waals surface area contributed by atoms with Gasteiger partial charge in [0.25, 0.3) is 0 Å². The highest BCUT2D eigenvalue weighted by molar-refractivity contribution is 7.99. The van der Waals surface area contributed by atoms with Crippen molar-refractivity contribution in [3.63, 3.8) is 0 Å². The van der Waals surface area contributed by atoms with Crippen LogP contribution in [0.15, 0.2) is 23.4 Å². The lowest BCUT2D eigenvalue weighted by Crippen LogP contribution is -2.19. The van der Waals surface area contributed by atoms with E-state index in [1.54, 1.807) is 11.8 Å². The zero-order valence-corrected chi connectivity index (χ0v) is 12.5. The number of hydrogen-bond donors (Lipinski definition) is 2. The number of aliphatic hydroxyl groups is 1. The number of nitrogens with zero attached hydrogens (tertiary/aromatic N) is 1. The fraction of sp³-hybridized carbons (Fsp3) is 0.643. The summed E-state index contributed by atoms with van der Waals surface area (Å²) in [7, 11) is 0. The highest BCUT2D eigenvalue weighted by Gasteiger charge is 2.12. The third-order valence-electron chi connectivity index (χ3n) is 2.95. The van der Waals surface area contributed by atoms with Crippen molar-refractivity contribution in [1.82, 2.24) is 10.3 Å². The van der Waals surface area contributed by atoms with Crippen molar-refractivity contribution in [2.45, 2.75) is 56.5 Å². The van der Waals surface area contributed by atoms with Gasteiger partial charge < -0.3 is 10.4 Å². The van der Waals surface area contributed by atoms with Crippen molar-refractivity contribution in [1.29, 1.82) is 0 Å². The smallest absolute Gasteiger partial charge is 0.0966 e. The standard InChI is InChI=1S/C14H24N2OS/c1-5-7-15-10(2)13-6-8-16-14(9-13)18-12(4)11(3)17/h6,8-12,15,17H,5,7H2,1-4H3. The van der Waals surface area contributed by atoms with Gasteiger partial charge in [-0.05, 0) is 44.5 Å². The molecule has 2 N–H and O–H groups in total. The molecule has 0 bridgehead atoms. The molecule has 0 aromatic carbocycles. The molecule has 0 spiro atoms. The number of nitrogens with one attached hydrogen (secondary N) is 1. The second-order valence-corrected chi connectivity index (χ2v) is 6.06. The molecule has 4 heteroatoms. The zero-order valence-electron chi connectivity index (χ0n) is 11.7. The number of thioether (sulfide) groups is 1. The first-order valence-corrected chi connectivity index (χ1v) is 7.46. The van der Waals surface area contributed by atoms with Crippen LogP contribution in [0.3, 0.4) is 0 Å². The second-order valence-electron chi connectivity index (χ2n) is 4.67. The van der Waals surface area contributed by atoms with Crippen molar-refractivity contribution < 1.29 is 5.11 Å². The van der Waals surface area contributed by atoms with Gasteiger partial charge in [0.1, 0.15) is 0 Å². The van der Waals surface area contributed by atoms with E-state index in [0.717, 1.165) is 18.0 Å². The van der Waals surface area contributed by atoms with Crippen LogP contribution in [-0.2, 0) is 0 Å². The SMILES string of the molecule is CCCNC(C)c1ccnc(SC(C)C(C)O)c1. The summed E-state index contributed by atoms with van der Waals surface area (Å²) >= 11 is 1.62. The maximum Gasteiger partial charge on any atom is 0.0966 e. The number of hydrogen-bond acceptors (Lipinski definition) is 4. The predicted molar refractivity (Wildman–Crippen MR) is 77.9 cm³/mol. The van der Waals surface area contributed by atoms with Gasteiger partial charge in [0.15, 0.2) is 0 Å². The van der Waals surface area contributed by atoms with E-state index in [-0.39, 0.29) is 11.4 Å². The molecule has 0 fully saturated rings. The maximum atomic E-state index is 9.52. The molecule has 0 aliphatic rings. The summed E-state index contributed by atoms with van der Waals surface area (Å²) in [6.45, 7) is 9.18. The summed E-state index contributed by atoms with van der Waals surface area (Å²) in [5.74, 6) is 0. The van der Waals surface area contributed by atoms with Gasteiger partial charge in [-0.15, -0.1) is 11.8 Å². The highest BCUT2D eigenvalue weighted by Crippen LogP contribution is 2.25. The summed E-state index contributed by atoms with van der Waals surface area (Å²) in [6, 6.07) is 4.50. The Kier molecular flexibility index (Phi) is 6.68. The number of aromatic nitrogens is 1. The fourth-order valence-electron chi connectivity index (χ4n) is 1.53. The Balaban J connectivity index is 2.67. The quantitative estimate of drug-likeness (QED) is 0.746. The van der Waals surface area contributed by atoms with Crippen LogP contribution in [0.25, 0.3) is 0 Å². The molecule has 1 heterocycles. The average Bonchev–Trinajstić information content (AvgIpc) is 2.36. The molecule has 3 unspecified atom stereocenters. The Bertz CT molecular complexity index is 357. The molecule has 3 atom stereocenters. The molecule has 0 amide bonds. The Morgan fingerprint density at radius 3 is 2.72 bits per heavy atom. The molecular formula is C14H24N2OS. The Morgan fingerprint density at radius 2 is 2.11 bits per heavy atom. The summed E-state index contributed by atoms with van der Waals surface area (Å²) in [5, 5.41) is 14.1. The molecule has 1 aromatic rings. The van der Waals surface area contributed by atoms with Crippen LogP contribution in [0.5, 0.6) is 0 Å². The Labute approximate surface area is 114 Å². The normalized spacial score (nSPS) is 16.3. The molecule has 3 nitrogen and oxygen atoms in total. The van der Waals surface area contributed by atoms with Crippen molar-refractivity contribution >= 4 is 11.8 Å². The Hall–Kier alpha value is -0.580. The minimum absolute atomic E-state index is 0.159. The number of rotatable bonds is 7. The molecule has 0 aliphatic heterocycles. The van der Waals surface area contributed by atoms with Gasteiger partial charge in [-0.3, -0.25) is 0 Å².